The van der Waals surface area contributed by atoms with Gasteiger partial charge >= 0.3 is 0 Å². The first-order valence-electron chi connectivity index (χ1n) is 6.17. The van der Waals surface area contributed by atoms with Crippen LogP contribution in [0.4, 0.5) is 0 Å². The number of methoxy groups -OCH3 is 1. The molecule has 0 radical (unpaired) electrons. The number of allylic oxidation sites excluding steroid dienone is 1. The van der Waals surface area contributed by atoms with Gasteiger partial charge < -0.3 is 9.47 Å². The van der Waals surface area contributed by atoms with Crippen LogP contribution in [0, 0.1) is 16.0 Å². The highest BCUT2D eigenvalue weighted by atomic mass is 16.6. The first kappa shape index (κ1) is 15.0. The van der Waals surface area contributed by atoms with Crippen LogP contribution in [-0.4, -0.2) is 18.6 Å². The molecule has 1 aromatic rings. The van der Waals surface area contributed by atoms with Crippen molar-refractivity contribution < 1.29 is 14.4 Å². The second-order valence-corrected chi connectivity index (χ2v) is 4.29. The normalized spacial score (nSPS) is 11.5. The molecule has 0 aliphatic rings. The Labute approximate surface area is 113 Å². The van der Waals surface area contributed by atoms with Crippen molar-refractivity contribution in [1.29, 1.82) is 0 Å². The van der Waals surface area contributed by atoms with Gasteiger partial charge in [-0.05, 0) is 13.0 Å². The van der Waals surface area contributed by atoms with Gasteiger partial charge in [-0.15, -0.1) is 0 Å². The summed E-state index contributed by atoms with van der Waals surface area (Å²) in [5, 5.41) is 11.0. The molecule has 0 atom stereocenters. The van der Waals surface area contributed by atoms with Crippen molar-refractivity contribution in [3.05, 3.63) is 39.6 Å². The summed E-state index contributed by atoms with van der Waals surface area (Å²) in [6.07, 6.45) is 1.53. The van der Waals surface area contributed by atoms with Crippen molar-refractivity contribution in [2.75, 3.05) is 13.7 Å². The standard InChI is InChI=1S/C14H19NO4/c1-5-19-13-8-6-7-11(14(13)18-4)9-12(10(2)3)15(16)17/h6-10H,5H2,1-4H3/b12-9-. The molecular weight excluding hydrogens is 246 g/mol. The van der Waals surface area contributed by atoms with E-state index in [9.17, 15) is 10.1 Å². The van der Waals surface area contributed by atoms with Gasteiger partial charge in [0.15, 0.2) is 11.5 Å². The van der Waals surface area contributed by atoms with Crippen molar-refractivity contribution in [3.8, 4) is 11.5 Å². The van der Waals surface area contributed by atoms with Crippen LogP contribution in [0.1, 0.15) is 26.3 Å². The number of hydrogen-bond acceptors (Lipinski definition) is 4. The molecule has 0 saturated carbocycles. The first-order valence-corrected chi connectivity index (χ1v) is 6.17. The second kappa shape index (κ2) is 6.78. The van der Waals surface area contributed by atoms with E-state index >= 15 is 0 Å². The summed E-state index contributed by atoms with van der Waals surface area (Å²) in [5.41, 5.74) is 0.792. The summed E-state index contributed by atoms with van der Waals surface area (Å²) < 4.78 is 10.7. The molecule has 1 aromatic carbocycles. The Kier molecular flexibility index (Phi) is 5.36. The van der Waals surface area contributed by atoms with Gasteiger partial charge in [0.2, 0.25) is 5.70 Å². The zero-order chi connectivity index (χ0) is 14.4. The molecule has 5 nitrogen and oxygen atoms in total. The zero-order valence-electron chi connectivity index (χ0n) is 11.7. The minimum atomic E-state index is -0.364. The van der Waals surface area contributed by atoms with Crippen molar-refractivity contribution in [2.45, 2.75) is 20.8 Å². The monoisotopic (exact) mass is 265 g/mol. The lowest BCUT2D eigenvalue weighted by Gasteiger charge is -2.12. The third-order valence-corrected chi connectivity index (χ3v) is 2.62. The molecule has 0 heterocycles. The number of hydrogen-bond donors (Lipinski definition) is 0. The van der Waals surface area contributed by atoms with Gasteiger partial charge in [0.25, 0.3) is 0 Å². The van der Waals surface area contributed by atoms with Crippen LogP contribution in [0.25, 0.3) is 6.08 Å². The van der Waals surface area contributed by atoms with Crippen LogP contribution in [0.3, 0.4) is 0 Å². The van der Waals surface area contributed by atoms with E-state index in [4.69, 9.17) is 9.47 Å². The van der Waals surface area contributed by atoms with Crippen molar-refractivity contribution >= 4 is 6.08 Å². The average molecular weight is 265 g/mol. The molecule has 0 fully saturated rings. The fraction of sp³-hybridized carbons (Fsp3) is 0.429. The van der Waals surface area contributed by atoms with Crippen LogP contribution < -0.4 is 9.47 Å². The summed E-state index contributed by atoms with van der Waals surface area (Å²) in [6, 6.07) is 5.34. The SMILES string of the molecule is CCOc1cccc(/C=C(/C(C)C)[N+](=O)[O-])c1OC. The Morgan fingerprint density at radius 1 is 1.47 bits per heavy atom. The number of nitro groups is 1. The number of para-hydroxylation sites is 1. The Morgan fingerprint density at radius 3 is 2.63 bits per heavy atom. The average Bonchev–Trinajstić information content (AvgIpc) is 2.35. The van der Waals surface area contributed by atoms with Crippen molar-refractivity contribution in [1.82, 2.24) is 0 Å². The van der Waals surface area contributed by atoms with Crippen LogP contribution in [0.2, 0.25) is 0 Å². The van der Waals surface area contributed by atoms with E-state index in [2.05, 4.69) is 0 Å². The number of benzene rings is 1. The van der Waals surface area contributed by atoms with E-state index in [1.54, 1.807) is 32.0 Å². The van der Waals surface area contributed by atoms with E-state index in [1.807, 2.05) is 6.92 Å². The molecular formula is C14H19NO4. The Balaban J connectivity index is 3.29. The lowest BCUT2D eigenvalue weighted by Crippen LogP contribution is -2.06. The number of ether oxygens (including phenoxy) is 2. The zero-order valence-corrected chi connectivity index (χ0v) is 11.7. The molecule has 0 unspecified atom stereocenters. The highest BCUT2D eigenvalue weighted by Crippen LogP contribution is 2.33. The molecule has 1 rings (SSSR count). The van der Waals surface area contributed by atoms with E-state index in [0.29, 0.717) is 23.7 Å². The molecule has 5 heteroatoms. The predicted octanol–water partition coefficient (Wildman–Crippen LogP) is 3.37. The minimum Gasteiger partial charge on any atom is -0.492 e. The fourth-order valence-corrected chi connectivity index (χ4v) is 1.72. The maximum Gasteiger partial charge on any atom is 0.249 e. The van der Waals surface area contributed by atoms with E-state index in [0.717, 1.165) is 0 Å². The van der Waals surface area contributed by atoms with Crippen LogP contribution in [-0.2, 0) is 0 Å². The predicted molar refractivity (Wildman–Crippen MR) is 74.0 cm³/mol. The first-order chi connectivity index (χ1) is 9.01. The van der Waals surface area contributed by atoms with E-state index < -0.39 is 0 Å². The summed E-state index contributed by atoms with van der Waals surface area (Å²) in [5.74, 6) is 0.935. The third-order valence-electron chi connectivity index (χ3n) is 2.62. The van der Waals surface area contributed by atoms with E-state index in [-0.39, 0.29) is 16.5 Å². The molecule has 104 valence electrons. The summed E-state index contributed by atoms with van der Waals surface area (Å²) in [4.78, 5) is 10.7. The lowest BCUT2D eigenvalue weighted by molar-refractivity contribution is -0.431. The molecule has 0 aromatic heterocycles. The summed E-state index contributed by atoms with van der Waals surface area (Å²) in [7, 11) is 1.52. The lowest BCUT2D eigenvalue weighted by atomic mass is 10.1. The molecule has 0 aliphatic carbocycles. The smallest absolute Gasteiger partial charge is 0.249 e. The number of rotatable bonds is 6. The highest BCUT2D eigenvalue weighted by Gasteiger charge is 2.18. The third kappa shape index (κ3) is 3.71. The summed E-state index contributed by atoms with van der Waals surface area (Å²) >= 11 is 0. The van der Waals surface area contributed by atoms with Gasteiger partial charge in [0.05, 0.1) is 18.6 Å². The molecule has 0 spiro atoms. The molecule has 0 amide bonds. The maximum absolute atomic E-state index is 11.0. The largest absolute Gasteiger partial charge is 0.492 e. The Bertz CT molecular complexity index is 480. The summed E-state index contributed by atoms with van der Waals surface area (Å²) in [6.45, 7) is 5.95. The quantitative estimate of drug-likeness (QED) is 0.584. The van der Waals surface area contributed by atoms with Crippen LogP contribution in [0.15, 0.2) is 23.9 Å². The fourth-order valence-electron chi connectivity index (χ4n) is 1.72. The molecule has 0 bridgehead atoms. The highest BCUT2D eigenvalue weighted by molar-refractivity contribution is 5.63. The van der Waals surface area contributed by atoms with Gasteiger partial charge in [-0.2, -0.15) is 0 Å². The van der Waals surface area contributed by atoms with Crippen LogP contribution >= 0.6 is 0 Å². The topological polar surface area (TPSA) is 61.6 Å². The maximum atomic E-state index is 11.0. The van der Waals surface area contributed by atoms with Gasteiger partial charge in [-0.3, -0.25) is 10.1 Å². The second-order valence-electron chi connectivity index (χ2n) is 4.29. The van der Waals surface area contributed by atoms with Gasteiger partial charge in [0, 0.05) is 17.6 Å². The minimum absolute atomic E-state index is 0.145. The molecule has 0 saturated heterocycles. The molecule has 0 N–H and O–H groups in total. The Hall–Kier alpha value is -2.04. The van der Waals surface area contributed by atoms with E-state index in [1.165, 1.54) is 13.2 Å². The van der Waals surface area contributed by atoms with Crippen LogP contribution in [0.5, 0.6) is 11.5 Å². The van der Waals surface area contributed by atoms with Gasteiger partial charge in [-0.25, -0.2) is 0 Å². The van der Waals surface area contributed by atoms with Crippen molar-refractivity contribution in [3.63, 3.8) is 0 Å². The molecule has 19 heavy (non-hydrogen) atoms. The van der Waals surface area contributed by atoms with Gasteiger partial charge in [-0.1, -0.05) is 26.0 Å². The molecule has 0 aliphatic heterocycles. The Morgan fingerprint density at radius 2 is 2.16 bits per heavy atom. The van der Waals surface area contributed by atoms with Crippen molar-refractivity contribution in [2.24, 2.45) is 5.92 Å². The van der Waals surface area contributed by atoms with Gasteiger partial charge in [0.1, 0.15) is 0 Å². The number of nitrogens with zero attached hydrogens (tertiary/aromatic N) is 1.